The number of hydrogen-bond donors (Lipinski definition) is 1. The molecule has 0 aliphatic carbocycles. The minimum atomic E-state index is -0.450. The number of rotatable bonds is 6. The highest BCUT2D eigenvalue weighted by Crippen LogP contribution is 2.01. The van der Waals surface area contributed by atoms with Crippen LogP contribution in [0, 0.1) is 0 Å². The molecule has 0 aromatic rings. The van der Waals surface area contributed by atoms with Crippen LogP contribution in [0.1, 0.15) is 34.6 Å². The second-order valence-electron chi connectivity index (χ2n) is 4.00. The van der Waals surface area contributed by atoms with Crippen LogP contribution in [-0.4, -0.2) is 43.7 Å². The van der Waals surface area contributed by atoms with E-state index in [9.17, 15) is 4.79 Å². The quantitative estimate of drug-likeness (QED) is 0.777. The van der Waals surface area contributed by atoms with Crippen LogP contribution in [0.4, 0.5) is 0 Å². The number of nitrogens with one attached hydrogen (secondary N) is 1. The van der Waals surface area contributed by atoms with Gasteiger partial charge >= 0.3 is 0 Å². The maximum atomic E-state index is 11.7. The average molecular weight is 244 g/mol. The second-order valence-corrected chi connectivity index (χ2v) is 4.00. The molecule has 0 aromatic carbocycles. The van der Waals surface area contributed by atoms with E-state index in [0.717, 1.165) is 5.70 Å². The first-order valence-corrected chi connectivity index (χ1v) is 6.08. The molecule has 1 unspecified atom stereocenters. The van der Waals surface area contributed by atoms with E-state index in [1.165, 1.54) is 7.11 Å². The van der Waals surface area contributed by atoms with E-state index in [-0.39, 0.29) is 11.9 Å². The Balaban J connectivity index is 0. The number of likely N-dealkylation sites (N-methyl/N-ethyl adjacent to an activating group) is 1. The van der Waals surface area contributed by atoms with Gasteiger partial charge in [0.25, 0.3) is 5.91 Å². The molecule has 1 atom stereocenters. The molecule has 0 radical (unpaired) electrons. The largest absolute Gasteiger partial charge is 0.375 e. The molecule has 17 heavy (non-hydrogen) atoms. The van der Waals surface area contributed by atoms with Gasteiger partial charge in [-0.15, -0.1) is 0 Å². The zero-order valence-electron chi connectivity index (χ0n) is 12.3. The van der Waals surface area contributed by atoms with Crippen molar-refractivity contribution in [2.75, 3.05) is 20.7 Å². The third-order valence-electron chi connectivity index (χ3n) is 2.10. The number of amides is 1. The van der Waals surface area contributed by atoms with E-state index < -0.39 is 6.10 Å². The molecule has 0 saturated carbocycles. The number of carbonyl (C=O) groups is 1. The number of hydrogen-bond acceptors (Lipinski definition) is 3. The molecule has 0 aromatic heterocycles. The minimum absolute atomic E-state index is 0.0828. The third kappa shape index (κ3) is 8.74. The van der Waals surface area contributed by atoms with Gasteiger partial charge in [0, 0.05) is 25.9 Å². The van der Waals surface area contributed by atoms with Gasteiger partial charge in [-0.25, -0.2) is 0 Å². The number of allylic oxidation sites excluding steroid dienone is 1. The summed E-state index contributed by atoms with van der Waals surface area (Å²) in [4.78, 5) is 13.5. The van der Waals surface area contributed by atoms with Crippen LogP contribution in [0.25, 0.3) is 0 Å². The number of nitrogens with zero attached hydrogens (tertiary/aromatic N) is 1. The molecule has 1 amide bonds. The van der Waals surface area contributed by atoms with Crippen molar-refractivity contribution >= 4 is 5.91 Å². The van der Waals surface area contributed by atoms with Gasteiger partial charge in [0.05, 0.1) is 6.54 Å². The summed E-state index contributed by atoms with van der Waals surface area (Å²) in [5.74, 6) is -0.0828. The van der Waals surface area contributed by atoms with E-state index in [0.29, 0.717) is 6.54 Å². The predicted molar refractivity (Wildman–Crippen MR) is 72.9 cm³/mol. The summed E-state index contributed by atoms with van der Waals surface area (Å²) in [7, 11) is 3.42. The summed E-state index contributed by atoms with van der Waals surface area (Å²) >= 11 is 0. The summed E-state index contributed by atoms with van der Waals surface area (Å²) in [6, 6.07) is 0.130. The summed E-state index contributed by atoms with van der Waals surface area (Å²) in [6.07, 6.45) is -0.450. The Bertz CT molecular complexity index is 227. The van der Waals surface area contributed by atoms with Crippen molar-refractivity contribution in [3.63, 3.8) is 0 Å². The Hall–Kier alpha value is -1.03. The van der Waals surface area contributed by atoms with Crippen molar-refractivity contribution in [1.82, 2.24) is 10.2 Å². The average Bonchev–Trinajstić information content (AvgIpc) is 2.26. The number of methoxy groups -OCH3 is 1. The van der Waals surface area contributed by atoms with Crippen molar-refractivity contribution in [2.45, 2.75) is 46.8 Å². The van der Waals surface area contributed by atoms with Crippen LogP contribution in [0.2, 0.25) is 0 Å². The summed E-state index contributed by atoms with van der Waals surface area (Å²) in [5, 5.41) is 2.82. The Morgan fingerprint density at radius 3 is 2.18 bits per heavy atom. The van der Waals surface area contributed by atoms with Gasteiger partial charge in [-0.05, 0) is 20.8 Å². The number of ether oxygens (including phenoxy) is 1. The van der Waals surface area contributed by atoms with Crippen molar-refractivity contribution in [3.8, 4) is 0 Å². The first kappa shape index (κ1) is 18.3. The maximum Gasteiger partial charge on any atom is 0.251 e. The predicted octanol–water partition coefficient (Wildman–Crippen LogP) is 2.02. The Kier molecular flexibility index (Phi) is 10.9. The van der Waals surface area contributed by atoms with Gasteiger partial charge < -0.3 is 15.0 Å². The van der Waals surface area contributed by atoms with Gasteiger partial charge in [-0.2, -0.15) is 0 Å². The molecule has 1 N–H and O–H groups in total. The molecule has 4 nitrogen and oxygen atoms in total. The van der Waals surface area contributed by atoms with Gasteiger partial charge in [0.1, 0.15) is 0 Å². The van der Waals surface area contributed by atoms with Gasteiger partial charge in [-0.1, -0.05) is 20.4 Å². The molecule has 0 spiro atoms. The van der Waals surface area contributed by atoms with Crippen LogP contribution in [0.15, 0.2) is 12.3 Å². The highest BCUT2D eigenvalue weighted by molar-refractivity contribution is 5.81. The normalized spacial score (nSPS) is 11.3. The Labute approximate surface area is 106 Å². The molecule has 0 aliphatic rings. The molecule has 0 heterocycles. The maximum absolute atomic E-state index is 11.7. The summed E-state index contributed by atoms with van der Waals surface area (Å²) < 4.78 is 5.14. The van der Waals surface area contributed by atoms with Crippen molar-refractivity contribution in [1.29, 1.82) is 0 Å². The van der Waals surface area contributed by atoms with Crippen LogP contribution in [0.5, 0.6) is 0 Å². The highest BCUT2D eigenvalue weighted by Gasteiger charge is 2.19. The lowest BCUT2D eigenvalue weighted by Gasteiger charge is -2.24. The summed E-state index contributed by atoms with van der Waals surface area (Å²) in [5.41, 5.74) is 0.911. The molecule has 4 heteroatoms. The van der Waals surface area contributed by atoms with Crippen LogP contribution in [0.3, 0.4) is 0 Å². The fraction of sp³-hybridized carbons (Fsp3) is 0.769. The Morgan fingerprint density at radius 2 is 1.88 bits per heavy atom. The Morgan fingerprint density at radius 1 is 1.41 bits per heavy atom. The van der Waals surface area contributed by atoms with Crippen LogP contribution >= 0.6 is 0 Å². The van der Waals surface area contributed by atoms with Crippen molar-refractivity contribution < 1.29 is 9.53 Å². The van der Waals surface area contributed by atoms with E-state index >= 15 is 0 Å². The van der Waals surface area contributed by atoms with E-state index in [1.807, 2.05) is 46.6 Å². The second kappa shape index (κ2) is 10.1. The number of carbonyl (C=O) groups excluding carboxylic acids is 1. The monoisotopic (exact) mass is 244 g/mol. The van der Waals surface area contributed by atoms with Crippen LogP contribution in [-0.2, 0) is 9.53 Å². The molecular formula is C13H28N2O2. The topological polar surface area (TPSA) is 41.6 Å². The van der Waals surface area contributed by atoms with Gasteiger partial charge in [-0.3, -0.25) is 4.79 Å². The van der Waals surface area contributed by atoms with E-state index in [1.54, 1.807) is 0 Å². The third-order valence-corrected chi connectivity index (χ3v) is 2.10. The zero-order chi connectivity index (χ0) is 14.0. The lowest BCUT2D eigenvalue weighted by Crippen LogP contribution is -2.44. The van der Waals surface area contributed by atoms with Crippen molar-refractivity contribution in [2.24, 2.45) is 0 Å². The van der Waals surface area contributed by atoms with Crippen molar-refractivity contribution in [3.05, 3.63) is 12.3 Å². The SMILES string of the molecule is C=C(C)N(C)CC(OC)C(=O)NC(C)C.CC. The fourth-order valence-corrected chi connectivity index (χ4v) is 1.05. The molecule has 0 fully saturated rings. The molecule has 0 bridgehead atoms. The smallest absolute Gasteiger partial charge is 0.251 e. The lowest BCUT2D eigenvalue weighted by molar-refractivity contribution is -0.132. The fourth-order valence-electron chi connectivity index (χ4n) is 1.05. The molecule has 0 saturated heterocycles. The first-order valence-electron chi connectivity index (χ1n) is 6.08. The molecule has 0 aliphatic heterocycles. The standard InChI is InChI=1S/C11H22N2O2.C2H6/c1-8(2)12-11(14)10(15-6)7-13(5)9(3)4;1-2/h8,10H,3,7H2,1-2,4-6H3,(H,12,14);1-2H3. The van der Waals surface area contributed by atoms with E-state index in [4.69, 9.17) is 4.74 Å². The van der Waals surface area contributed by atoms with Crippen LogP contribution < -0.4 is 5.32 Å². The summed E-state index contributed by atoms with van der Waals surface area (Å²) in [6.45, 7) is 14.1. The first-order chi connectivity index (χ1) is 7.88. The highest BCUT2D eigenvalue weighted by atomic mass is 16.5. The minimum Gasteiger partial charge on any atom is -0.375 e. The molecule has 0 rings (SSSR count). The lowest BCUT2D eigenvalue weighted by atomic mass is 10.2. The molecule has 102 valence electrons. The van der Waals surface area contributed by atoms with Gasteiger partial charge in [0.2, 0.25) is 0 Å². The van der Waals surface area contributed by atoms with E-state index in [2.05, 4.69) is 11.9 Å². The molecular weight excluding hydrogens is 216 g/mol. The zero-order valence-corrected chi connectivity index (χ0v) is 12.3. The van der Waals surface area contributed by atoms with Gasteiger partial charge in [0.15, 0.2) is 6.10 Å².